The van der Waals surface area contributed by atoms with E-state index in [9.17, 15) is 32.7 Å². The first-order valence-corrected chi connectivity index (χ1v) is 21.5. The van der Waals surface area contributed by atoms with Gasteiger partial charge in [0, 0.05) is 36.2 Å². The van der Waals surface area contributed by atoms with E-state index in [1.807, 2.05) is 31.2 Å². The zero-order valence-corrected chi connectivity index (χ0v) is 33.8. The normalized spacial score (nSPS) is 30.8. The van der Waals surface area contributed by atoms with E-state index < -0.39 is 68.2 Å². The maximum absolute atomic E-state index is 14.7. The van der Waals surface area contributed by atoms with Crippen LogP contribution >= 0.6 is 0 Å². The summed E-state index contributed by atoms with van der Waals surface area (Å²) < 4.78 is 45.3. The van der Waals surface area contributed by atoms with Gasteiger partial charge in [-0.1, -0.05) is 32.4 Å². The predicted octanol–water partition coefficient (Wildman–Crippen LogP) is 3.34. The molecule has 0 radical (unpaired) electrons. The summed E-state index contributed by atoms with van der Waals surface area (Å²) in [5.41, 5.74) is -0.674. The summed E-state index contributed by atoms with van der Waals surface area (Å²) >= 11 is 0. The third-order valence-corrected chi connectivity index (χ3v) is 14.7. The van der Waals surface area contributed by atoms with Crippen LogP contribution in [0.15, 0.2) is 36.5 Å². The Labute approximate surface area is 333 Å². The molecule has 16 nitrogen and oxygen atoms in total. The molecule has 2 aliphatic carbocycles. The van der Waals surface area contributed by atoms with E-state index in [4.69, 9.17) is 19.2 Å². The number of aromatic nitrogens is 1. The van der Waals surface area contributed by atoms with Gasteiger partial charge in [0.2, 0.25) is 27.7 Å². The van der Waals surface area contributed by atoms with Gasteiger partial charge in [-0.2, -0.15) is 0 Å². The lowest BCUT2D eigenvalue weighted by Crippen LogP contribution is -2.59. The molecule has 17 heteroatoms. The summed E-state index contributed by atoms with van der Waals surface area (Å²) in [5.74, 6) is -1.84. The van der Waals surface area contributed by atoms with Crippen LogP contribution in [-0.4, -0.2) is 116 Å². The van der Waals surface area contributed by atoms with Crippen LogP contribution in [0.25, 0.3) is 10.8 Å². The van der Waals surface area contributed by atoms with Gasteiger partial charge in [0.15, 0.2) is 0 Å². The molecular weight excluding hydrogens is 757 g/mol. The highest BCUT2D eigenvalue weighted by atomic mass is 32.2. The van der Waals surface area contributed by atoms with Crippen molar-refractivity contribution in [2.75, 3.05) is 44.9 Å². The number of fused-ring (bicyclic) bond motifs is 3. The molecule has 0 spiro atoms. The van der Waals surface area contributed by atoms with Gasteiger partial charge in [-0.05, 0) is 75.5 Å². The SMILES string of the molecule is CC[C@@H]1C[C@H](C)CC/C=C\C2CC2(C(=O)NS(=O)(=O)C2(C)CC2)NC(=O)[C@@H]2C[C@@H](Oc3ncc(N4CCOCC4)c4cc(OC)ccc34)CN2C(=O)[C@H]1NC(=O)O. The van der Waals surface area contributed by atoms with Crippen molar-refractivity contribution < 1.29 is 46.9 Å². The number of carbonyl (C=O) groups is 4. The van der Waals surface area contributed by atoms with Gasteiger partial charge in [-0.15, -0.1) is 0 Å². The van der Waals surface area contributed by atoms with Gasteiger partial charge in [0.25, 0.3) is 5.91 Å². The molecule has 3 aliphatic heterocycles. The minimum atomic E-state index is -4.02. The molecule has 1 aromatic heterocycles. The molecule has 2 saturated heterocycles. The summed E-state index contributed by atoms with van der Waals surface area (Å²) in [4.78, 5) is 63.6. The predicted molar refractivity (Wildman–Crippen MR) is 210 cm³/mol. The summed E-state index contributed by atoms with van der Waals surface area (Å²) in [7, 11) is -2.43. The van der Waals surface area contributed by atoms with Crippen LogP contribution in [-0.2, 0) is 29.1 Å². The molecule has 0 bridgehead atoms. The Morgan fingerprint density at radius 2 is 1.89 bits per heavy atom. The van der Waals surface area contributed by atoms with Gasteiger partial charge in [-0.3, -0.25) is 19.1 Å². The van der Waals surface area contributed by atoms with Gasteiger partial charge < -0.3 is 39.8 Å². The van der Waals surface area contributed by atoms with Crippen LogP contribution in [0.5, 0.6) is 11.6 Å². The molecule has 1 aromatic carbocycles. The van der Waals surface area contributed by atoms with E-state index in [0.717, 1.165) is 17.5 Å². The van der Waals surface area contributed by atoms with Gasteiger partial charge in [0.05, 0.1) is 43.5 Å². The van der Waals surface area contributed by atoms with Crippen LogP contribution in [0.4, 0.5) is 10.5 Å². The van der Waals surface area contributed by atoms with Crippen molar-refractivity contribution in [3.63, 3.8) is 0 Å². The van der Waals surface area contributed by atoms with E-state index in [1.54, 1.807) is 26.3 Å². The van der Waals surface area contributed by atoms with Crippen molar-refractivity contribution in [2.45, 2.75) is 101 Å². The van der Waals surface area contributed by atoms with Crippen molar-refractivity contribution in [1.82, 2.24) is 25.2 Å². The Bertz CT molecular complexity index is 2040. The number of nitrogens with one attached hydrogen (secondary N) is 3. The Balaban J connectivity index is 1.23. The topological polar surface area (TPSA) is 206 Å². The Hall–Kier alpha value is -4.64. The number of carbonyl (C=O) groups excluding carboxylic acids is 3. The monoisotopic (exact) mass is 810 g/mol. The highest BCUT2D eigenvalue weighted by Gasteiger charge is 2.63. The Kier molecular flexibility index (Phi) is 11.3. The fraction of sp³-hybridized carbons (Fsp3) is 0.625. The summed E-state index contributed by atoms with van der Waals surface area (Å²) in [6.45, 7) is 7.98. The number of anilines is 1. The zero-order chi connectivity index (χ0) is 40.7. The van der Waals surface area contributed by atoms with Crippen molar-refractivity contribution in [3.05, 3.63) is 36.5 Å². The smallest absolute Gasteiger partial charge is 0.405 e. The molecule has 4 amide bonds. The maximum atomic E-state index is 14.7. The first-order valence-electron chi connectivity index (χ1n) is 20.0. The van der Waals surface area contributed by atoms with Crippen molar-refractivity contribution >= 4 is 50.3 Å². The van der Waals surface area contributed by atoms with E-state index in [1.165, 1.54) is 4.90 Å². The second-order valence-corrected chi connectivity index (χ2v) is 18.7. The largest absolute Gasteiger partial charge is 0.497 e. The highest BCUT2D eigenvalue weighted by Crippen LogP contribution is 2.48. The molecule has 4 N–H and O–H groups in total. The molecule has 5 aliphatic rings. The number of rotatable bonds is 9. The fourth-order valence-corrected chi connectivity index (χ4v) is 9.88. The molecule has 310 valence electrons. The number of allylic oxidation sites excluding steroid dienone is 1. The van der Waals surface area contributed by atoms with Crippen molar-refractivity contribution in [2.24, 2.45) is 17.8 Å². The van der Waals surface area contributed by atoms with Crippen molar-refractivity contribution in [1.29, 1.82) is 0 Å². The number of hydrogen-bond acceptors (Lipinski definition) is 11. The number of methoxy groups -OCH3 is 1. The molecular formula is C40H54N6O10S. The highest BCUT2D eigenvalue weighted by molar-refractivity contribution is 7.91. The summed E-state index contributed by atoms with van der Waals surface area (Å²) in [6.07, 6.45) is 6.92. The lowest BCUT2D eigenvalue weighted by atomic mass is 9.85. The number of ether oxygens (including phenoxy) is 3. The van der Waals surface area contributed by atoms with Gasteiger partial charge in [-0.25, -0.2) is 18.2 Å². The third kappa shape index (κ3) is 8.22. The molecule has 4 fully saturated rings. The molecule has 2 unspecified atom stereocenters. The molecule has 57 heavy (non-hydrogen) atoms. The standard InChI is InChI=1S/C40H54N6O10S/c1-5-25-18-24(2)8-6-7-9-26-21-40(26,37(49)44-57(52,53)39(3)12-13-39)43-34(47)31-20-28(23-46(31)36(48)33(25)42-38(50)51)56-35-29-11-10-27(54-4)19-30(29)32(22-41-35)45-14-16-55-17-15-45/h7,9-11,19,22,24-26,28,31,33,42H,5-6,8,12-18,20-21,23H2,1-4H3,(H,43,47)(H,44,49)(H,50,51)/b9-7-/t24-,25-,26?,28-,31+,33+,40?/m1/s1. The minimum Gasteiger partial charge on any atom is -0.497 e. The molecule has 4 heterocycles. The number of morpholine rings is 1. The Morgan fingerprint density at radius 1 is 1.14 bits per heavy atom. The molecule has 2 saturated carbocycles. The number of hydrogen-bond donors (Lipinski definition) is 4. The quantitative estimate of drug-likeness (QED) is 0.269. The van der Waals surface area contributed by atoms with E-state index in [2.05, 4.69) is 27.2 Å². The minimum absolute atomic E-state index is 0.00365. The fourth-order valence-electron chi connectivity index (χ4n) is 8.56. The number of sulfonamides is 1. The first kappa shape index (κ1) is 40.6. The third-order valence-electron chi connectivity index (χ3n) is 12.6. The van der Waals surface area contributed by atoms with E-state index in [0.29, 0.717) is 69.5 Å². The summed E-state index contributed by atoms with van der Waals surface area (Å²) in [6, 6.07) is 3.24. The van der Waals surface area contributed by atoms with Gasteiger partial charge in [0.1, 0.15) is 29.5 Å². The zero-order valence-electron chi connectivity index (χ0n) is 33.0. The maximum Gasteiger partial charge on any atom is 0.405 e. The summed E-state index contributed by atoms with van der Waals surface area (Å²) in [5, 5.41) is 16.8. The Morgan fingerprint density at radius 3 is 2.58 bits per heavy atom. The van der Waals surface area contributed by atoms with Crippen LogP contribution in [0.2, 0.25) is 0 Å². The lowest BCUT2D eigenvalue weighted by Gasteiger charge is -2.33. The van der Waals surface area contributed by atoms with E-state index in [-0.39, 0.29) is 37.1 Å². The van der Waals surface area contributed by atoms with E-state index >= 15 is 0 Å². The molecule has 7 atom stereocenters. The first-order chi connectivity index (χ1) is 27.2. The van der Waals surface area contributed by atoms with Crippen LogP contribution in [0, 0.1) is 17.8 Å². The second kappa shape index (κ2) is 16.0. The van der Waals surface area contributed by atoms with Gasteiger partial charge >= 0.3 is 6.09 Å². The number of pyridine rings is 1. The second-order valence-electron chi connectivity index (χ2n) is 16.5. The average molecular weight is 811 g/mol. The molecule has 7 rings (SSSR count). The van der Waals surface area contributed by atoms with Crippen LogP contribution < -0.4 is 29.7 Å². The lowest BCUT2D eigenvalue weighted by molar-refractivity contribution is -0.142. The number of amides is 4. The number of carboxylic acid groups (broad SMARTS) is 1. The number of benzene rings is 1. The van der Waals surface area contributed by atoms with Crippen molar-refractivity contribution in [3.8, 4) is 11.6 Å². The average Bonchev–Trinajstić information content (AvgIpc) is 4.07. The molecule has 2 aromatic rings. The van der Waals surface area contributed by atoms with Crippen LogP contribution in [0.3, 0.4) is 0 Å². The number of nitrogens with zero attached hydrogens (tertiary/aromatic N) is 3. The van der Waals surface area contributed by atoms with Crippen LogP contribution in [0.1, 0.15) is 72.1 Å².